The lowest BCUT2D eigenvalue weighted by atomic mass is 9.88. The van der Waals surface area contributed by atoms with E-state index in [2.05, 4.69) is 29.2 Å². The van der Waals surface area contributed by atoms with E-state index in [1.165, 1.54) is 0 Å². The van der Waals surface area contributed by atoms with E-state index in [1.54, 1.807) is 6.92 Å². The summed E-state index contributed by atoms with van der Waals surface area (Å²) in [7, 11) is 3.99. The number of carbonyl (C=O) groups excluding carboxylic acids is 1. The molecule has 5 heteroatoms. The number of aromatic nitrogens is 1. The number of hydrogen-bond donors (Lipinski definition) is 1. The topological polar surface area (TPSA) is 58.4 Å². The van der Waals surface area contributed by atoms with Gasteiger partial charge in [-0.1, -0.05) is 25.9 Å². The zero-order valence-electron chi connectivity index (χ0n) is 13.9. The van der Waals surface area contributed by atoms with E-state index < -0.39 is 0 Å². The highest BCUT2D eigenvalue weighted by Gasteiger charge is 2.30. The maximum absolute atomic E-state index is 12.4. The first kappa shape index (κ1) is 16.7. The van der Waals surface area contributed by atoms with Crippen molar-refractivity contribution in [2.45, 2.75) is 52.5 Å². The fourth-order valence-corrected chi connectivity index (χ4v) is 1.69. The Morgan fingerprint density at radius 2 is 1.80 bits per heavy atom. The van der Waals surface area contributed by atoms with Crippen molar-refractivity contribution in [3.8, 4) is 0 Å². The Balaban J connectivity index is 2.92. The summed E-state index contributed by atoms with van der Waals surface area (Å²) in [6.45, 7) is 12.6. The van der Waals surface area contributed by atoms with Crippen molar-refractivity contribution >= 4 is 5.91 Å². The molecule has 1 rings (SSSR count). The molecule has 114 valence electrons. The second-order valence-electron chi connectivity index (χ2n) is 7.10. The Labute approximate surface area is 121 Å². The third kappa shape index (κ3) is 3.60. The Bertz CT molecular complexity index is 482. The molecule has 0 aliphatic rings. The molecule has 0 aliphatic carbocycles. The van der Waals surface area contributed by atoms with Crippen LogP contribution in [0.2, 0.25) is 0 Å². The molecule has 0 aromatic carbocycles. The summed E-state index contributed by atoms with van der Waals surface area (Å²) < 4.78 is 5.20. The van der Waals surface area contributed by atoms with Crippen LogP contribution in [0, 0.1) is 6.92 Å². The lowest BCUT2D eigenvalue weighted by Crippen LogP contribution is -2.48. The molecule has 0 unspecified atom stereocenters. The quantitative estimate of drug-likeness (QED) is 0.920. The van der Waals surface area contributed by atoms with Crippen LogP contribution in [0.5, 0.6) is 0 Å². The molecule has 1 heterocycles. The SMILES string of the molecule is Cc1onc(C(C)(C)C)c1C(=O)NCC(C)(C)N(C)C. The molecule has 0 atom stereocenters. The van der Waals surface area contributed by atoms with E-state index in [4.69, 9.17) is 4.52 Å². The molecule has 0 radical (unpaired) electrons. The van der Waals surface area contributed by atoms with Gasteiger partial charge in [0.25, 0.3) is 5.91 Å². The van der Waals surface area contributed by atoms with E-state index in [0.29, 0.717) is 23.6 Å². The van der Waals surface area contributed by atoms with Gasteiger partial charge in [0.1, 0.15) is 17.0 Å². The third-order valence-electron chi connectivity index (χ3n) is 3.69. The zero-order chi connectivity index (χ0) is 15.7. The molecule has 0 fully saturated rings. The highest BCUT2D eigenvalue weighted by molar-refractivity contribution is 5.96. The fourth-order valence-electron chi connectivity index (χ4n) is 1.69. The molecule has 5 nitrogen and oxygen atoms in total. The van der Waals surface area contributed by atoms with Crippen molar-refractivity contribution in [2.75, 3.05) is 20.6 Å². The first-order valence-electron chi connectivity index (χ1n) is 6.89. The van der Waals surface area contributed by atoms with Crippen molar-refractivity contribution in [2.24, 2.45) is 0 Å². The van der Waals surface area contributed by atoms with Gasteiger partial charge in [-0.2, -0.15) is 0 Å². The van der Waals surface area contributed by atoms with Crippen molar-refractivity contribution in [1.82, 2.24) is 15.4 Å². The van der Waals surface area contributed by atoms with Crippen LogP contribution < -0.4 is 5.32 Å². The molecule has 0 saturated carbocycles. The van der Waals surface area contributed by atoms with Crippen LogP contribution >= 0.6 is 0 Å². The van der Waals surface area contributed by atoms with Gasteiger partial charge in [0.15, 0.2) is 0 Å². The first-order valence-corrected chi connectivity index (χ1v) is 6.89. The lowest BCUT2D eigenvalue weighted by molar-refractivity contribution is 0.0916. The molecule has 1 aromatic rings. The molecule has 0 aliphatic heterocycles. The maximum atomic E-state index is 12.4. The summed E-state index contributed by atoms with van der Waals surface area (Å²) >= 11 is 0. The summed E-state index contributed by atoms with van der Waals surface area (Å²) in [4.78, 5) is 14.5. The zero-order valence-corrected chi connectivity index (χ0v) is 13.9. The van der Waals surface area contributed by atoms with Gasteiger partial charge in [-0.25, -0.2) is 0 Å². The Morgan fingerprint density at radius 1 is 1.25 bits per heavy atom. The van der Waals surface area contributed by atoms with Crippen molar-refractivity contribution in [3.63, 3.8) is 0 Å². The highest BCUT2D eigenvalue weighted by Crippen LogP contribution is 2.26. The monoisotopic (exact) mass is 281 g/mol. The Morgan fingerprint density at radius 3 is 2.25 bits per heavy atom. The Kier molecular flexibility index (Phi) is 4.64. The summed E-state index contributed by atoms with van der Waals surface area (Å²) in [5.41, 5.74) is 0.937. The smallest absolute Gasteiger partial charge is 0.256 e. The number of hydrogen-bond acceptors (Lipinski definition) is 4. The van der Waals surface area contributed by atoms with Gasteiger partial charge in [-0.3, -0.25) is 4.79 Å². The van der Waals surface area contributed by atoms with Gasteiger partial charge in [0, 0.05) is 17.5 Å². The number of rotatable bonds is 4. The van der Waals surface area contributed by atoms with Crippen LogP contribution in [0.15, 0.2) is 4.52 Å². The average molecular weight is 281 g/mol. The van der Waals surface area contributed by atoms with Crippen molar-refractivity contribution in [3.05, 3.63) is 17.0 Å². The van der Waals surface area contributed by atoms with Crippen LogP contribution in [-0.4, -0.2) is 42.1 Å². The molecule has 1 N–H and O–H groups in total. The van der Waals surface area contributed by atoms with Crippen molar-refractivity contribution < 1.29 is 9.32 Å². The molecular weight excluding hydrogens is 254 g/mol. The largest absolute Gasteiger partial charge is 0.361 e. The first-order chi connectivity index (χ1) is 8.97. The molecule has 0 bridgehead atoms. The lowest BCUT2D eigenvalue weighted by Gasteiger charge is -2.32. The van der Waals surface area contributed by atoms with Crippen molar-refractivity contribution in [1.29, 1.82) is 0 Å². The molecule has 20 heavy (non-hydrogen) atoms. The Hall–Kier alpha value is -1.36. The van der Waals surface area contributed by atoms with Gasteiger partial charge in [-0.15, -0.1) is 0 Å². The number of carbonyl (C=O) groups is 1. The van der Waals surface area contributed by atoms with Gasteiger partial charge in [0.2, 0.25) is 0 Å². The van der Waals surface area contributed by atoms with Crippen LogP contribution in [-0.2, 0) is 5.41 Å². The van der Waals surface area contributed by atoms with E-state index in [-0.39, 0.29) is 16.9 Å². The van der Waals surface area contributed by atoms with Crippen LogP contribution in [0.3, 0.4) is 0 Å². The van der Waals surface area contributed by atoms with Gasteiger partial charge < -0.3 is 14.7 Å². The predicted molar refractivity (Wildman–Crippen MR) is 80.0 cm³/mol. The van der Waals surface area contributed by atoms with Crippen LogP contribution in [0.4, 0.5) is 0 Å². The third-order valence-corrected chi connectivity index (χ3v) is 3.69. The standard InChI is InChI=1S/C15H27N3O2/c1-10-11(12(17-20-10)14(2,3)4)13(19)16-9-15(5,6)18(7)8/h9H2,1-8H3,(H,16,19). The molecular formula is C15H27N3O2. The molecule has 1 amide bonds. The highest BCUT2D eigenvalue weighted by atomic mass is 16.5. The minimum absolute atomic E-state index is 0.109. The van der Waals surface area contributed by atoms with Crippen LogP contribution in [0.25, 0.3) is 0 Å². The van der Waals surface area contributed by atoms with Crippen LogP contribution in [0.1, 0.15) is 56.4 Å². The van der Waals surface area contributed by atoms with E-state index in [9.17, 15) is 4.79 Å². The summed E-state index contributed by atoms with van der Waals surface area (Å²) in [5, 5.41) is 7.02. The minimum Gasteiger partial charge on any atom is -0.361 e. The molecule has 1 aromatic heterocycles. The molecule has 0 spiro atoms. The van der Waals surface area contributed by atoms with Gasteiger partial charge in [-0.05, 0) is 34.9 Å². The second kappa shape index (κ2) is 5.56. The number of aryl methyl sites for hydroxylation is 1. The number of likely N-dealkylation sites (N-methyl/N-ethyl adjacent to an activating group) is 1. The van der Waals surface area contributed by atoms with E-state index in [1.807, 2.05) is 34.9 Å². The minimum atomic E-state index is -0.221. The predicted octanol–water partition coefficient (Wildman–Crippen LogP) is 2.35. The number of amides is 1. The van der Waals surface area contributed by atoms with E-state index >= 15 is 0 Å². The number of nitrogens with zero attached hydrogens (tertiary/aromatic N) is 2. The summed E-state index contributed by atoms with van der Waals surface area (Å²) in [6.07, 6.45) is 0. The summed E-state index contributed by atoms with van der Waals surface area (Å²) in [6, 6.07) is 0. The normalized spacial score (nSPS) is 12.8. The number of nitrogens with one attached hydrogen (secondary N) is 1. The van der Waals surface area contributed by atoms with Gasteiger partial charge in [0.05, 0.1) is 0 Å². The second-order valence-corrected chi connectivity index (χ2v) is 7.10. The average Bonchev–Trinajstić information content (AvgIpc) is 2.67. The molecule has 0 saturated heterocycles. The van der Waals surface area contributed by atoms with E-state index in [0.717, 1.165) is 0 Å². The fraction of sp³-hybridized carbons (Fsp3) is 0.733. The van der Waals surface area contributed by atoms with Gasteiger partial charge >= 0.3 is 0 Å². The maximum Gasteiger partial charge on any atom is 0.256 e. The summed E-state index contributed by atoms with van der Waals surface area (Å²) in [5.74, 6) is 0.443.